The second-order valence-electron chi connectivity index (χ2n) is 3.95. The monoisotopic (exact) mass is 284 g/mol. The lowest BCUT2D eigenvalue weighted by molar-refractivity contribution is 0.0895. The van der Waals surface area contributed by atoms with Crippen molar-refractivity contribution in [1.82, 2.24) is 10.3 Å². The normalized spacial score (nSPS) is 16.9. The van der Waals surface area contributed by atoms with Gasteiger partial charge < -0.3 is 10.4 Å². The van der Waals surface area contributed by atoms with E-state index in [1.807, 2.05) is 0 Å². The Labute approximate surface area is 102 Å². The van der Waals surface area contributed by atoms with Crippen molar-refractivity contribution in [2.24, 2.45) is 5.92 Å². The number of nitrogens with one attached hydrogen (secondary N) is 1. The maximum Gasteiger partial charge on any atom is 0.271 e. The maximum absolute atomic E-state index is 11.7. The van der Waals surface area contributed by atoms with Gasteiger partial charge in [-0.3, -0.25) is 4.79 Å². The van der Waals surface area contributed by atoms with E-state index >= 15 is 0 Å². The van der Waals surface area contributed by atoms with E-state index in [0.29, 0.717) is 22.6 Å². The molecule has 16 heavy (non-hydrogen) atoms. The van der Waals surface area contributed by atoms with Crippen LogP contribution in [0.5, 0.6) is 0 Å². The predicted molar refractivity (Wildman–Crippen MR) is 63.0 cm³/mol. The van der Waals surface area contributed by atoms with Crippen LogP contribution in [0.1, 0.15) is 23.3 Å². The van der Waals surface area contributed by atoms with Crippen LogP contribution in [0.3, 0.4) is 0 Å². The van der Waals surface area contributed by atoms with Gasteiger partial charge in [-0.05, 0) is 46.8 Å². The number of carbonyl (C=O) groups is 1. The number of carbonyl (C=O) groups excluding carboxylic acids is 1. The lowest BCUT2D eigenvalue weighted by atomic mass is 10.2. The summed E-state index contributed by atoms with van der Waals surface area (Å²) in [7, 11) is 0. The second-order valence-corrected chi connectivity index (χ2v) is 4.80. The number of aliphatic hydroxyl groups is 1. The third-order valence-electron chi connectivity index (χ3n) is 2.61. The highest BCUT2D eigenvalue weighted by atomic mass is 79.9. The average Bonchev–Trinajstić information content (AvgIpc) is 3.10. The quantitative estimate of drug-likeness (QED) is 0.877. The number of aliphatic hydroxyl groups excluding tert-OH is 1. The number of pyridine rings is 1. The van der Waals surface area contributed by atoms with E-state index < -0.39 is 6.10 Å². The molecule has 2 rings (SSSR count). The van der Waals surface area contributed by atoms with Gasteiger partial charge in [-0.25, -0.2) is 4.98 Å². The van der Waals surface area contributed by atoms with Crippen molar-refractivity contribution >= 4 is 21.8 Å². The number of amides is 1. The molecule has 1 amide bonds. The topological polar surface area (TPSA) is 62.2 Å². The summed E-state index contributed by atoms with van der Waals surface area (Å²) in [6.07, 6.45) is 3.26. The summed E-state index contributed by atoms with van der Waals surface area (Å²) in [6.45, 7) is 0.298. The Morgan fingerprint density at radius 3 is 3.06 bits per heavy atom. The van der Waals surface area contributed by atoms with Crippen LogP contribution in [-0.2, 0) is 0 Å². The zero-order chi connectivity index (χ0) is 11.5. The highest BCUT2D eigenvalue weighted by Gasteiger charge is 2.29. The zero-order valence-electron chi connectivity index (χ0n) is 8.69. The van der Waals surface area contributed by atoms with Gasteiger partial charge in [0.15, 0.2) is 0 Å². The lowest BCUT2D eigenvalue weighted by Crippen LogP contribution is -2.33. The van der Waals surface area contributed by atoms with Gasteiger partial charge in [-0.1, -0.05) is 0 Å². The molecular weight excluding hydrogens is 272 g/mol. The fraction of sp³-hybridized carbons (Fsp3) is 0.455. The zero-order valence-corrected chi connectivity index (χ0v) is 10.3. The molecule has 4 nitrogen and oxygen atoms in total. The maximum atomic E-state index is 11.7. The van der Waals surface area contributed by atoms with E-state index in [1.54, 1.807) is 18.3 Å². The largest absolute Gasteiger partial charge is 0.391 e. The van der Waals surface area contributed by atoms with Crippen molar-refractivity contribution < 1.29 is 9.90 Å². The standard InChI is InChI=1S/C11H13BrN2O2/c12-8-2-1-5-13-10(8)11(16)14-6-9(15)7-3-4-7/h1-2,5,7,9,15H,3-4,6H2,(H,14,16). The van der Waals surface area contributed by atoms with Gasteiger partial charge in [0.25, 0.3) is 5.91 Å². The number of rotatable bonds is 4. The van der Waals surface area contributed by atoms with Crippen LogP contribution in [0, 0.1) is 5.92 Å². The molecule has 86 valence electrons. The number of nitrogens with zero attached hydrogens (tertiary/aromatic N) is 1. The van der Waals surface area contributed by atoms with Gasteiger partial charge in [0.05, 0.1) is 6.10 Å². The molecule has 0 spiro atoms. The first-order valence-corrected chi connectivity index (χ1v) is 6.04. The highest BCUT2D eigenvalue weighted by Crippen LogP contribution is 2.32. The summed E-state index contributed by atoms with van der Waals surface area (Å²) < 4.78 is 0.661. The molecule has 0 radical (unpaired) electrons. The number of halogens is 1. The lowest BCUT2D eigenvalue weighted by Gasteiger charge is -2.10. The van der Waals surface area contributed by atoms with Crippen molar-refractivity contribution in [3.05, 3.63) is 28.5 Å². The van der Waals surface area contributed by atoms with Crippen molar-refractivity contribution in [1.29, 1.82) is 0 Å². The Morgan fingerprint density at radius 1 is 1.69 bits per heavy atom. The van der Waals surface area contributed by atoms with E-state index in [0.717, 1.165) is 12.8 Å². The number of hydrogen-bond donors (Lipinski definition) is 2. The summed E-state index contributed by atoms with van der Waals surface area (Å²) in [6, 6.07) is 3.51. The molecule has 1 unspecified atom stereocenters. The summed E-state index contributed by atoms with van der Waals surface area (Å²) >= 11 is 3.26. The first-order chi connectivity index (χ1) is 7.68. The summed E-state index contributed by atoms with van der Waals surface area (Å²) in [5.41, 5.74) is 0.352. The minimum absolute atomic E-state index is 0.257. The van der Waals surface area contributed by atoms with Crippen LogP contribution in [0.2, 0.25) is 0 Å². The molecule has 5 heteroatoms. The molecular formula is C11H13BrN2O2. The first-order valence-electron chi connectivity index (χ1n) is 5.25. The summed E-state index contributed by atoms with van der Waals surface area (Å²) in [4.78, 5) is 15.7. The van der Waals surface area contributed by atoms with Crippen LogP contribution in [0.4, 0.5) is 0 Å². The Balaban J connectivity index is 1.90. The second kappa shape index (κ2) is 4.93. The molecule has 0 aliphatic heterocycles. The fourth-order valence-electron chi connectivity index (χ4n) is 1.48. The molecule has 1 fully saturated rings. The van der Waals surface area contributed by atoms with Crippen LogP contribution in [0.15, 0.2) is 22.8 Å². The van der Waals surface area contributed by atoms with Gasteiger partial charge in [-0.2, -0.15) is 0 Å². The Hall–Kier alpha value is -0.940. The average molecular weight is 285 g/mol. The molecule has 1 heterocycles. The van der Waals surface area contributed by atoms with E-state index in [4.69, 9.17) is 0 Å². The van der Waals surface area contributed by atoms with Gasteiger partial charge >= 0.3 is 0 Å². The molecule has 0 aromatic carbocycles. The predicted octanol–water partition coefficient (Wildman–Crippen LogP) is 1.34. The molecule has 1 saturated carbocycles. The van der Waals surface area contributed by atoms with E-state index in [-0.39, 0.29) is 5.91 Å². The van der Waals surface area contributed by atoms with Crippen molar-refractivity contribution in [2.75, 3.05) is 6.54 Å². The molecule has 1 aliphatic rings. The number of aromatic nitrogens is 1. The highest BCUT2D eigenvalue weighted by molar-refractivity contribution is 9.10. The van der Waals surface area contributed by atoms with Crippen LogP contribution >= 0.6 is 15.9 Å². The Kier molecular flexibility index (Phi) is 3.56. The third kappa shape index (κ3) is 2.80. The molecule has 1 aliphatic carbocycles. The minimum Gasteiger partial charge on any atom is -0.391 e. The van der Waals surface area contributed by atoms with Gasteiger partial charge in [0.2, 0.25) is 0 Å². The van der Waals surface area contributed by atoms with E-state index in [2.05, 4.69) is 26.2 Å². The molecule has 0 saturated heterocycles. The smallest absolute Gasteiger partial charge is 0.271 e. The Bertz CT molecular complexity index is 393. The van der Waals surface area contributed by atoms with Gasteiger partial charge in [-0.15, -0.1) is 0 Å². The van der Waals surface area contributed by atoms with Crippen LogP contribution in [-0.4, -0.2) is 28.6 Å². The molecule has 2 N–H and O–H groups in total. The molecule has 1 aromatic heterocycles. The van der Waals surface area contributed by atoms with Gasteiger partial charge in [0.1, 0.15) is 5.69 Å². The van der Waals surface area contributed by atoms with E-state index in [1.165, 1.54) is 0 Å². The summed E-state index contributed by atoms with van der Waals surface area (Å²) in [5, 5.41) is 12.3. The molecule has 1 atom stereocenters. The molecule has 1 aromatic rings. The summed E-state index contributed by atoms with van der Waals surface area (Å²) in [5.74, 6) is 0.111. The third-order valence-corrected chi connectivity index (χ3v) is 3.25. The van der Waals surface area contributed by atoms with Crippen molar-refractivity contribution in [2.45, 2.75) is 18.9 Å². The fourth-order valence-corrected chi connectivity index (χ4v) is 1.92. The van der Waals surface area contributed by atoms with E-state index in [9.17, 15) is 9.90 Å². The Morgan fingerprint density at radius 2 is 2.44 bits per heavy atom. The van der Waals surface area contributed by atoms with Crippen molar-refractivity contribution in [3.8, 4) is 0 Å². The molecule has 0 bridgehead atoms. The van der Waals surface area contributed by atoms with Crippen LogP contribution < -0.4 is 5.32 Å². The van der Waals surface area contributed by atoms with Crippen LogP contribution in [0.25, 0.3) is 0 Å². The SMILES string of the molecule is O=C(NCC(O)C1CC1)c1ncccc1Br. The van der Waals surface area contributed by atoms with Crippen molar-refractivity contribution in [3.63, 3.8) is 0 Å². The minimum atomic E-state index is -0.425. The van der Waals surface area contributed by atoms with Gasteiger partial charge in [0, 0.05) is 17.2 Å². The number of hydrogen-bond acceptors (Lipinski definition) is 3. The first kappa shape index (κ1) is 11.5.